The van der Waals surface area contributed by atoms with E-state index in [1.807, 2.05) is 0 Å². The monoisotopic (exact) mass is 379 g/mol. The van der Waals surface area contributed by atoms with E-state index in [2.05, 4.69) is 5.32 Å². The molecule has 0 aromatic heterocycles. The van der Waals surface area contributed by atoms with Gasteiger partial charge in [0.05, 0.1) is 36.2 Å². The van der Waals surface area contributed by atoms with Gasteiger partial charge in [-0.1, -0.05) is 12.1 Å². The third-order valence-electron chi connectivity index (χ3n) is 4.19. The van der Waals surface area contributed by atoms with E-state index in [1.165, 1.54) is 26.4 Å². The molecule has 0 fully saturated rings. The van der Waals surface area contributed by atoms with E-state index >= 15 is 0 Å². The lowest BCUT2D eigenvalue weighted by Gasteiger charge is -2.30. The minimum atomic E-state index is -3.46. The Morgan fingerprint density at radius 3 is 1.92 bits per heavy atom. The van der Waals surface area contributed by atoms with Gasteiger partial charge in [-0.2, -0.15) is 0 Å². The highest BCUT2D eigenvalue weighted by Crippen LogP contribution is 2.39. The molecule has 1 aliphatic heterocycles. The third kappa shape index (κ3) is 3.65. The van der Waals surface area contributed by atoms with Gasteiger partial charge in [0.2, 0.25) is 0 Å². The lowest BCUT2D eigenvalue weighted by molar-refractivity contribution is -0.137. The number of hydrogen-bond acceptors (Lipinski definition) is 7. The van der Waals surface area contributed by atoms with Gasteiger partial charge in [0.25, 0.3) is 0 Å². The van der Waals surface area contributed by atoms with Crippen LogP contribution in [0.15, 0.2) is 51.7 Å². The van der Waals surface area contributed by atoms with Crippen LogP contribution in [-0.2, 0) is 28.9 Å². The molecule has 140 valence electrons. The number of carbonyl (C=O) groups excluding carboxylic acids is 2. The zero-order valence-corrected chi connectivity index (χ0v) is 16.1. The summed E-state index contributed by atoms with van der Waals surface area (Å²) in [6, 6.07) is 6.15. The Bertz CT molecular complexity index is 889. The van der Waals surface area contributed by atoms with Crippen LogP contribution < -0.4 is 5.32 Å². The number of nitrogens with one attached hydrogen (secondary N) is 1. The highest BCUT2D eigenvalue weighted by Gasteiger charge is 2.37. The lowest BCUT2D eigenvalue weighted by atomic mass is 9.80. The summed E-state index contributed by atoms with van der Waals surface area (Å²) in [7, 11) is -0.966. The van der Waals surface area contributed by atoms with Crippen LogP contribution in [0.2, 0.25) is 0 Å². The first-order valence-corrected chi connectivity index (χ1v) is 9.66. The Morgan fingerprint density at radius 1 is 1.00 bits per heavy atom. The minimum absolute atomic E-state index is 0.0947. The molecule has 0 radical (unpaired) electrons. The van der Waals surface area contributed by atoms with E-state index in [0.29, 0.717) is 17.0 Å². The van der Waals surface area contributed by atoms with Crippen LogP contribution in [0, 0.1) is 0 Å². The second-order valence-corrected chi connectivity index (χ2v) is 7.98. The quantitative estimate of drug-likeness (QED) is 0.795. The Morgan fingerprint density at radius 2 is 1.50 bits per heavy atom. The molecule has 0 unspecified atom stereocenters. The number of carbonyl (C=O) groups is 2. The highest BCUT2D eigenvalue weighted by molar-refractivity contribution is 7.90. The van der Waals surface area contributed by atoms with Gasteiger partial charge in [0.15, 0.2) is 9.84 Å². The number of sulfone groups is 1. The molecule has 0 amide bonds. The van der Waals surface area contributed by atoms with E-state index in [1.54, 1.807) is 26.0 Å². The van der Waals surface area contributed by atoms with E-state index in [9.17, 15) is 18.0 Å². The fraction of sp³-hybridized carbons (Fsp3) is 0.333. The minimum Gasteiger partial charge on any atom is -0.466 e. The van der Waals surface area contributed by atoms with E-state index in [0.717, 1.165) is 6.26 Å². The van der Waals surface area contributed by atoms with Gasteiger partial charge in [0, 0.05) is 17.6 Å². The zero-order valence-electron chi connectivity index (χ0n) is 15.2. The normalized spacial score (nSPS) is 15.6. The molecule has 0 atom stereocenters. The maximum absolute atomic E-state index is 12.4. The first-order chi connectivity index (χ1) is 12.1. The third-order valence-corrected chi connectivity index (χ3v) is 5.30. The Kier molecular flexibility index (Phi) is 5.56. The summed E-state index contributed by atoms with van der Waals surface area (Å²) in [6.07, 6.45) is 1.10. The van der Waals surface area contributed by atoms with Crippen LogP contribution in [-0.4, -0.2) is 40.8 Å². The summed E-state index contributed by atoms with van der Waals surface area (Å²) >= 11 is 0. The van der Waals surface area contributed by atoms with Crippen LogP contribution in [0.1, 0.15) is 25.3 Å². The van der Waals surface area contributed by atoms with Gasteiger partial charge in [-0.25, -0.2) is 18.0 Å². The maximum atomic E-state index is 12.4. The van der Waals surface area contributed by atoms with Crippen molar-refractivity contribution in [3.05, 3.63) is 52.4 Å². The molecule has 1 heterocycles. The average Bonchev–Trinajstić information content (AvgIpc) is 2.59. The van der Waals surface area contributed by atoms with Crippen molar-refractivity contribution in [2.45, 2.75) is 24.7 Å². The van der Waals surface area contributed by atoms with E-state index < -0.39 is 27.7 Å². The van der Waals surface area contributed by atoms with Crippen molar-refractivity contribution in [3.8, 4) is 0 Å². The number of ether oxygens (including phenoxy) is 2. The van der Waals surface area contributed by atoms with E-state index in [-0.39, 0.29) is 16.0 Å². The van der Waals surface area contributed by atoms with Gasteiger partial charge in [-0.15, -0.1) is 0 Å². The van der Waals surface area contributed by atoms with E-state index in [4.69, 9.17) is 9.47 Å². The molecule has 0 saturated heterocycles. The molecule has 8 heteroatoms. The van der Waals surface area contributed by atoms with Gasteiger partial charge < -0.3 is 14.8 Å². The molecule has 0 aliphatic carbocycles. The van der Waals surface area contributed by atoms with Crippen molar-refractivity contribution >= 4 is 21.8 Å². The molecule has 2 rings (SSSR count). The van der Waals surface area contributed by atoms with Crippen molar-refractivity contribution in [1.29, 1.82) is 0 Å². The standard InChI is InChI=1S/C18H21NO6S/c1-10-14(17(20)24-3)16(15(11(2)19-10)18(21)25-4)12-7-6-8-13(9-12)26(5,22)23/h6-9,16,19H,1-5H3. The van der Waals surface area contributed by atoms with Gasteiger partial charge in [-0.05, 0) is 31.5 Å². The fourth-order valence-electron chi connectivity index (χ4n) is 3.01. The Labute approximate surface area is 152 Å². The van der Waals surface area contributed by atoms with Crippen molar-refractivity contribution < 1.29 is 27.5 Å². The molecular weight excluding hydrogens is 358 g/mol. The largest absolute Gasteiger partial charge is 0.466 e. The maximum Gasteiger partial charge on any atom is 0.336 e. The molecule has 1 aliphatic rings. The number of benzene rings is 1. The molecule has 26 heavy (non-hydrogen) atoms. The van der Waals surface area contributed by atoms with Crippen LogP contribution in [0.4, 0.5) is 0 Å². The number of hydrogen-bond donors (Lipinski definition) is 1. The Hall–Kier alpha value is -2.61. The molecule has 1 aromatic rings. The average molecular weight is 379 g/mol. The second-order valence-electron chi connectivity index (χ2n) is 5.96. The molecule has 7 nitrogen and oxygen atoms in total. The molecule has 0 bridgehead atoms. The number of rotatable bonds is 4. The number of methoxy groups -OCH3 is 2. The van der Waals surface area contributed by atoms with Crippen molar-refractivity contribution in [1.82, 2.24) is 5.32 Å². The second kappa shape index (κ2) is 7.33. The molecule has 1 N–H and O–H groups in total. The summed E-state index contributed by atoms with van der Waals surface area (Å²) < 4.78 is 33.6. The summed E-state index contributed by atoms with van der Waals surface area (Å²) in [4.78, 5) is 24.9. The SMILES string of the molecule is COC(=O)C1=C(C)NC(C)=C(C(=O)OC)C1c1cccc(S(C)(=O)=O)c1. The molecule has 0 spiro atoms. The van der Waals surface area contributed by atoms with Gasteiger partial charge in [-0.3, -0.25) is 0 Å². The molecule has 1 aromatic carbocycles. The smallest absolute Gasteiger partial charge is 0.336 e. The predicted octanol–water partition coefficient (Wildman–Crippen LogP) is 1.67. The van der Waals surface area contributed by atoms with Crippen LogP contribution in [0.3, 0.4) is 0 Å². The first-order valence-electron chi connectivity index (χ1n) is 7.77. The zero-order chi connectivity index (χ0) is 19.6. The summed E-state index contributed by atoms with van der Waals surface area (Å²) in [6.45, 7) is 3.38. The van der Waals surface area contributed by atoms with Crippen molar-refractivity contribution in [3.63, 3.8) is 0 Å². The fourth-order valence-corrected chi connectivity index (χ4v) is 3.69. The number of esters is 2. The van der Waals surface area contributed by atoms with Crippen LogP contribution >= 0.6 is 0 Å². The van der Waals surface area contributed by atoms with Crippen molar-refractivity contribution in [2.24, 2.45) is 0 Å². The topological polar surface area (TPSA) is 98.8 Å². The number of dihydropyridines is 1. The lowest BCUT2D eigenvalue weighted by Crippen LogP contribution is -2.32. The Balaban J connectivity index is 2.77. The molecular formula is C18H21NO6S. The van der Waals surface area contributed by atoms with Crippen LogP contribution in [0.25, 0.3) is 0 Å². The summed E-state index contributed by atoms with van der Waals surface area (Å²) in [5, 5.41) is 2.99. The number of allylic oxidation sites excluding steroid dienone is 2. The summed E-state index contributed by atoms with van der Waals surface area (Å²) in [5.74, 6) is -2.03. The predicted molar refractivity (Wildman–Crippen MR) is 94.9 cm³/mol. The van der Waals surface area contributed by atoms with Gasteiger partial charge >= 0.3 is 11.9 Å². The van der Waals surface area contributed by atoms with Gasteiger partial charge in [0.1, 0.15) is 0 Å². The summed E-state index contributed by atoms with van der Waals surface area (Å²) in [5.41, 5.74) is 1.98. The molecule has 0 saturated carbocycles. The first kappa shape index (κ1) is 19.7. The van der Waals surface area contributed by atoms with Crippen molar-refractivity contribution in [2.75, 3.05) is 20.5 Å². The highest BCUT2D eigenvalue weighted by atomic mass is 32.2. The van der Waals surface area contributed by atoms with Crippen LogP contribution in [0.5, 0.6) is 0 Å².